The third-order valence-electron chi connectivity index (χ3n) is 5.38. The van der Waals surface area contributed by atoms with Crippen LogP contribution in [0.25, 0.3) is 0 Å². The van der Waals surface area contributed by atoms with Gasteiger partial charge in [0.05, 0.1) is 19.3 Å². The monoisotopic (exact) mass is 354 g/mol. The third kappa shape index (κ3) is 13.3. The topological polar surface area (TPSA) is 38.8 Å². The molecule has 0 N–H and O–H groups in total. The number of carbonyl (C=O) groups is 1. The molecule has 0 aliphatic carbocycles. The molecule has 1 aliphatic heterocycles. The molecule has 2 unspecified atom stereocenters. The van der Waals surface area contributed by atoms with Crippen molar-refractivity contribution in [2.24, 2.45) is 0 Å². The number of carbonyl (C=O) groups excluding carboxylic acids is 1. The summed E-state index contributed by atoms with van der Waals surface area (Å²) in [5, 5.41) is 0. The van der Waals surface area contributed by atoms with Gasteiger partial charge in [0, 0.05) is 6.42 Å². The average molecular weight is 355 g/mol. The van der Waals surface area contributed by atoms with E-state index in [-0.39, 0.29) is 5.97 Å². The van der Waals surface area contributed by atoms with Gasteiger partial charge in [0.25, 0.3) is 0 Å². The lowest BCUT2D eigenvalue weighted by molar-refractivity contribution is -0.140. The van der Waals surface area contributed by atoms with E-state index >= 15 is 0 Å². The number of ether oxygens (including phenoxy) is 2. The smallest absolute Gasteiger partial charge is 0.305 e. The van der Waals surface area contributed by atoms with Crippen LogP contribution in [-0.2, 0) is 14.3 Å². The van der Waals surface area contributed by atoms with Crippen molar-refractivity contribution in [2.75, 3.05) is 7.11 Å². The highest BCUT2D eigenvalue weighted by atomic mass is 16.6. The van der Waals surface area contributed by atoms with Gasteiger partial charge in [-0.25, -0.2) is 0 Å². The number of hydrogen-bond acceptors (Lipinski definition) is 3. The molecule has 0 bridgehead atoms. The summed E-state index contributed by atoms with van der Waals surface area (Å²) in [6.45, 7) is 2.28. The zero-order chi connectivity index (χ0) is 18.2. The van der Waals surface area contributed by atoms with E-state index in [9.17, 15) is 4.79 Å². The molecule has 148 valence electrons. The fourth-order valence-electron chi connectivity index (χ4n) is 3.59. The van der Waals surface area contributed by atoms with E-state index in [1.165, 1.54) is 97.0 Å². The van der Waals surface area contributed by atoms with Gasteiger partial charge in [-0.05, 0) is 19.3 Å². The second kappa shape index (κ2) is 15.7. The minimum absolute atomic E-state index is 0.0780. The molecule has 0 aromatic rings. The third-order valence-corrected chi connectivity index (χ3v) is 5.38. The number of unbranched alkanes of at least 4 members (excludes halogenated alkanes) is 12. The minimum atomic E-state index is -0.0780. The first-order valence-electron chi connectivity index (χ1n) is 11.0. The maximum Gasteiger partial charge on any atom is 0.305 e. The van der Waals surface area contributed by atoms with Gasteiger partial charge in [-0.3, -0.25) is 4.79 Å². The molecule has 3 heteroatoms. The number of rotatable bonds is 18. The van der Waals surface area contributed by atoms with Gasteiger partial charge in [-0.2, -0.15) is 0 Å². The maximum absolute atomic E-state index is 11.0. The number of hydrogen-bond donors (Lipinski definition) is 0. The first kappa shape index (κ1) is 22.5. The Kier molecular flexibility index (Phi) is 14.1. The zero-order valence-corrected chi connectivity index (χ0v) is 16.9. The van der Waals surface area contributed by atoms with Crippen LogP contribution < -0.4 is 0 Å². The largest absolute Gasteiger partial charge is 0.469 e. The van der Waals surface area contributed by atoms with E-state index in [0.29, 0.717) is 18.6 Å². The van der Waals surface area contributed by atoms with E-state index in [1.54, 1.807) is 0 Å². The number of esters is 1. The molecule has 0 saturated carbocycles. The van der Waals surface area contributed by atoms with E-state index in [2.05, 4.69) is 11.7 Å². The van der Waals surface area contributed by atoms with Crippen molar-refractivity contribution in [3.63, 3.8) is 0 Å². The van der Waals surface area contributed by atoms with Crippen molar-refractivity contribution in [1.29, 1.82) is 0 Å². The Hall–Kier alpha value is -0.570. The molecule has 0 aromatic carbocycles. The first-order chi connectivity index (χ1) is 12.3. The van der Waals surface area contributed by atoms with Crippen LogP contribution in [0.3, 0.4) is 0 Å². The van der Waals surface area contributed by atoms with Crippen molar-refractivity contribution in [3.8, 4) is 0 Å². The van der Waals surface area contributed by atoms with E-state index < -0.39 is 0 Å². The number of methoxy groups -OCH3 is 1. The molecule has 3 nitrogen and oxygen atoms in total. The SMILES string of the molecule is CCCCCCCCCCCC1OC1CCCCCCCC(=O)OC. The summed E-state index contributed by atoms with van der Waals surface area (Å²) in [5.41, 5.74) is 0. The number of epoxide rings is 1. The Bertz CT molecular complexity index is 316. The highest BCUT2D eigenvalue weighted by molar-refractivity contribution is 5.68. The molecule has 1 rings (SSSR count). The molecule has 0 spiro atoms. The fourth-order valence-corrected chi connectivity index (χ4v) is 3.59. The van der Waals surface area contributed by atoms with E-state index in [4.69, 9.17) is 4.74 Å². The highest BCUT2D eigenvalue weighted by Gasteiger charge is 2.36. The zero-order valence-electron chi connectivity index (χ0n) is 16.9. The van der Waals surface area contributed by atoms with Crippen LogP contribution in [0.5, 0.6) is 0 Å². The summed E-state index contributed by atoms with van der Waals surface area (Å²) in [7, 11) is 1.46. The Morgan fingerprint density at radius 2 is 1.16 bits per heavy atom. The highest BCUT2D eigenvalue weighted by Crippen LogP contribution is 2.31. The molecule has 0 amide bonds. The molecule has 25 heavy (non-hydrogen) atoms. The lowest BCUT2D eigenvalue weighted by atomic mass is 10.0. The molecule has 0 radical (unpaired) electrons. The average Bonchev–Trinajstić information content (AvgIpc) is 3.37. The van der Waals surface area contributed by atoms with Crippen LogP contribution >= 0.6 is 0 Å². The summed E-state index contributed by atoms with van der Waals surface area (Å²) in [4.78, 5) is 11.0. The van der Waals surface area contributed by atoms with Crippen molar-refractivity contribution < 1.29 is 14.3 Å². The maximum atomic E-state index is 11.0. The van der Waals surface area contributed by atoms with Gasteiger partial charge in [-0.15, -0.1) is 0 Å². The van der Waals surface area contributed by atoms with Crippen LogP contribution in [-0.4, -0.2) is 25.3 Å². The van der Waals surface area contributed by atoms with Gasteiger partial charge in [0.15, 0.2) is 0 Å². The van der Waals surface area contributed by atoms with Gasteiger partial charge in [0.1, 0.15) is 0 Å². The summed E-state index contributed by atoms with van der Waals surface area (Å²) in [6, 6.07) is 0. The predicted octanol–water partition coefficient (Wildman–Crippen LogP) is 6.58. The standard InChI is InChI=1S/C22H42O3/c1-3-4-5-6-7-8-9-11-14-17-20-21(25-20)18-15-12-10-13-16-19-22(23)24-2/h20-21H,3-19H2,1-2H3. The van der Waals surface area contributed by atoms with Crippen molar-refractivity contribution in [1.82, 2.24) is 0 Å². The Morgan fingerprint density at radius 1 is 0.720 bits per heavy atom. The van der Waals surface area contributed by atoms with Crippen molar-refractivity contribution >= 4 is 5.97 Å². The molecule has 1 fully saturated rings. The molecule has 1 heterocycles. The van der Waals surface area contributed by atoms with Gasteiger partial charge in [0.2, 0.25) is 0 Å². The Labute approximate surface area is 156 Å². The van der Waals surface area contributed by atoms with Crippen molar-refractivity contribution in [2.45, 2.75) is 128 Å². The second-order valence-electron chi connectivity index (χ2n) is 7.71. The molecule has 1 saturated heterocycles. The predicted molar refractivity (Wildman–Crippen MR) is 105 cm³/mol. The van der Waals surface area contributed by atoms with E-state index in [0.717, 1.165) is 12.8 Å². The minimum Gasteiger partial charge on any atom is -0.469 e. The fraction of sp³-hybridized carbons (Fsp3) is 0.955. The Balaban J connectivity index is 1.75. The summed E-state index contributed by atoms with van der Waals surface area (Å²) in [6.07, 6.45) is 22.7. The lowest BCUT2D eigenvalue weighted by Gasteiger charge is -2.01. The molecular formula is C22H42O3. The van der Waals surface area contributed by atoms with Gasteiger partial charge < -0.3 is 9.47 Å². The Morgan fingerprint density at radius 3 is 1.64 bits per heavy atom. The van der Waals surface area contributed by atoms with Crippen LogP contribution in [0.1, 0.15) is 116 Å². The van der Waals surface area contributed by atoms with Gasteiger partial charge >= 0.3 is 5.97 Å². The summed E-state index contributed by atoms with van der Waals surface area (Å²) < 4.78 is 10.4. The molecule has 2 atom stereocenters. The molecular weight excluding hydrogens is 312 g/mol. The van der Waals surface area contributed by atoms with Crippen LogP contribution in [0, 0.1) is 0 Å². The quantitative estimate of drug-likeness (QED) is 0.158. The summed E-state index contributed by atoms with van der Waals surface area (Å²) >= 11 is 0. The van der Waals surface area contributed by atoms with Crippen LogP contribution in [0.4, 0.5) is 0 Å². The first-order valence-corrected chi connectivity index (χ1v) is 11.0. The normalized spacial score (nSPS) is 19.1. The van der Waals surface area contributed by atoms with Crippen LogP contribution in [0.15, 0.2) is 0 Å². The van der Waals surface area contributed by atoms with Crippen molar-refractivity contribution in [3.05, 3.63) is 0 Å². The van der Waals surface area contributed by atoms with Gasteiger partial charge in [-0.1, -0.05) is 90.4 Å². The molecule has 0 aromatic heterocycles. The van der Waals surface area contributed by atoms with E-state index in [1.807, 2.05) is 0 Å². The lowest BCUT2D eigenvalue weighted by Crippen LogP contribution is -1.99. The molecule has 1 aliphatic rings. The second-order valence-corrected chi connectivity index (χ2v) is 7.71. The van der Waals surface area contributed by atoms with Crippen LogP contribution in [0.2, 0.25) is 0 Å². The summed E-state index contributed by atoms with van der Waals surface area (Å²) in [5.74, 6) is -0.0780.